The highest BCUT2D eigenvalue weighted by atomic mass is 35.5. The number of benzene rings is 1. The molecule has 0 unspecified atom stereocenters. The van der Waals surface area contributed by atoms with Gasteiger partial charge in [0.25, 0.3) is 0 Å². The van der Waals surface area contributed by atoms with Crippen molar-refractivity contribution >= 4 is 28.8 Å². The van der Waals surface area contributed by atoms with Crippen molar-refractivity contribution in [1.29, 1.82) is 0 Å². The molecule has 0 aliphatic rings. The summed E-state index contributed by atoms with van der Waals surface area (Å²) in [6, 6.07) is 5.08. The van der Waals surface area contributed by atoms with E-state index in [-0.39, 0.29) is 11.6 Å². The number of nitrogens with two attached hydrogens (primary N) is 1. The summed E-state index contributed by atoms with van der Waals surface area (Å²) < 4.78 is 5.41. The van der Waals surface area contributed by atoms with Crippen LogP contribution < -0.4 is 10.5 Å². The van der Waals surface area contributed by atoms with E-state index in [0.29, 0.717) is 29.4 Å². The van der Waals surface area contributed by atoms with Gasteiger partial charge in [-0.2, -0.15) is 0 Å². The van der Waals surface area contributed by atoms with Crippen LogP contribution in [-0.2, 0) is 0 Å². The molecule has 0 aromatic heterocycles. The van der Waals surface area contributed by atoms with Gasteiger partial charge in [-0.25, -0.2) is 0 Å². The maximum Gasteiger partial charge on any atom is 0.130 e. The molecule has 0 fully saturated rings. The van der Waals surface area contributed by atoms with Crippen molar-refractivity contribution in [2.45, 2.75) is 6.42 Å². The maximum absolute atomic E-state index is 8.62. The second-order valence-electron chi connectivity index (χ2n) is 2.93. The van der Waals surface area contributed by atoms with Crippen LogP contribution in [0.25, 0.3) is 0 Å². The number of hydrogen-bond acceptors (Lipinski definition) is 3. The van der Waals surface area contributed by atoms with Gasteiger partial charge in [0.1, 0.15) is 10.7 Å². The Morgan fingerprint density at radius 1 is 1.53 bits per heavy atom. The highest BCUT2D eigenvalue weighted by Crippen LogP contribution is 2.23. The Balaban J connectivity index is 2.82. The van der Waals surface area contributed by atoms with E-state index in [1.807, 2.05) is 0 Å². The second kappa shape index (κ2) is 5.90. The minimum atomic E-state index is 0.0863. The van der Waals surface area contributed by atoms with E-state index in [1.165, 1.54) is 0 Å². The number of halogens is 1. The van der Waals surface area contributed by atoms with Gasteiger partial charge in [-0.05, 0) is 18.2 Å². The Bertz CT molecular complexity index is 357. The van der Waals surface area contributed by atoms with Gasteiger partial charge in [0.05, 0.1) is 12.2 Å². The zero-order chi connectivity index (χ0) is 11.3. The summed E-state index contributed by atoms with van der Waals surface area (Å²) >= 11 is 10.7. The van der Waals surface area contributed by atoms with Crippen LogP contribution in [0, 0.1) is 0 Å². The van der Waals surface area contributed by atoms with Crippen LogP contribution in [0.1, 0.15) is 12.0 Å². The minimum Gasteiger partial charge on any atom is -0.493 e. The van der Waals surface area contributed by atoms with E-state index < -0.39 is 0 Å². The second-order valence-corrected chi connectivity index (χ2v) is 3.81. The summed E-state index contributed by atoms with van der Waals surface area (Å²) in [6.07, 6.45) is 0.559. The molecule has 82 valence electrons. The zero-order valence-electron chi connectivity index (χ0n) is 8.07. The third-order valence-corrected chi connectivity index (χ3v) is 2.22. The van der Waals surface area contributed by atoms with Crippen molar-refractivity contribution in [2.75, 3.05) is 13.2 Å². The first kappa shape index (κ1) is 12.2. The molecule has 3 nitrogen and oxygen atoms in total. The third-order valence-electron chi connectivity index (χ3n) is 1.77. The lowest BCUT2D eigenvalue weighted by atomic mass is 10.2. The number of aliphatic hydroxyl groups is 1. The summed E-state index contributed by atoms with van der Waals surface area (Å²) in [5.41, 5.74) is 6.19. The lowest BCUT2D eigenvalue weighted by molar-refractivity contribution is 0.233. The predicted octanol–water partition coefficient (Wildman–Crippen LogP) is 1.74. The van der Waals surface area contributed by atoms with Crippen molar-refractivity contribution in [3.05, 3.63) is 28.8 Å². The molecule has 15 heavy (non-hydrogen) atoms. The fourth-order valence-electron chi connectivity index (χ4n) is 1.07. The molecule has 0 saturated carbocycles. The van der Waals surface area contributed by atoms with Gasteiger partial charge in [0.2, 0.25) is 0 Å². The van der Waals surface area contributed by atoms with Gasteiger partial charge in [0.15, 0.2) is 0 Å². The van der Waals surface area contributed by atoms with Crippen LogP contribution in [0.2, 0.25) is 5.02 Å². The van der Waals surface area contributed by atoms with Crippen LogP contribution in [0.5, 0.6) is 5.75 Å². The normalized spacial score (nSPS) is 10.0. The largest absolute Gasteiger partial charge is 0.493 e. The molecule has 0 saturated heterocycles. The van der Waals surface area contributed by atoms with Crippen LogP contribution in [0.3, 0.4) is 0 Å². The quantitative estimate of drug-likeness (QED) is 0.613. The zero-order valence-corrected chi connectivity index (χ0v) is 9.64. The topological polar surface area (TPSA) is 55.5 Å². The Labute approximate surface area is 98.8 Å². The molecular formula is C10H12ClNO2S. The summed E-state index contributed by atoms with van der Waals surface area (Å²) in [5.74, 6) is 0.559. The number of rotatable bonds is 5. The molecule has 0 aliphatic carbocycles. The first-order chi connectivity index (χ1) is 7.15. The Kier molecular flexibility index (Phi) is 4.81. The molecule has 5 heteroatoms. The van der Waals surface area contributed by atoms with Crippen molar-refractivity contribution in [3.8, 4) is 5.75 Å². The average molecular weight is 246 g/mol. The van der Waals surface area contributed by atoms with Gasteiger partial charge in [-0.15, -0.1) is 0 Å². The molecule has 0 radical (unpaired) electrons. The molecule has 0 amide bonds. The minimum absolute atomic E-state index is 0.0863. The lowest BCUT2D eigenvalue weighted by Gasteiger charge is -2.10. The fraction of sp³-hybridized carbons (Fsp3) is 0.300. The van der Waals surface area contributed by atoms with E-state index in [4.69, 9.17) is 39.4 Å². The van der Waals surface area contributed by atoms with Crippen LogP contribution in [0.4, 0.5) is 0 Å². The van der Waals surface area contributed by atoms with E-state index in [9.17, 15) is 0 Å². The summed E-state index contributed by atoms with van der Waals surface area (Å²) in [4.78, 5) is 0.269. The molecule has 0 atom stereocenters. The molecule has 3 N–H and O–H groups in total. The van der Waals surface area contributed by atoms with Crippen LogP contribution in [0.15, 0.2) is 18.2 Å². The van der Waals surface area contributed by atoms with Crippen molar-refractivity contribution in [1.82, 2.24) is 0 Å². The smallest absolute Gasteiger partial charge is 0.130 e. The molecule has 0 bridgehead atoms. The Morgan fingerprint density at radius 3 is 2.87 bits per heavy atom. The SMILES string of the molecule is NC(=S)c1ccc(Cl)cc1OCCCO. The molecule has 0 aliphatic heterocycles. The van der Waals surface area contributed by atoms with Crippen molar-refractivity contribution < 1.29 is 9.84 Å². The van der Waals surface area contributed by atoms with E-state index in [0.717, 1.165) is 0 Å². The monoisotopic (exact) mass is 245 g/mol. The average Bonchev–Trinajstić information content (AvgIpc) is 2.18. The lowest BCUT2D eigenvalue weighted by Crippen LogP contribution is -2.12. The van der Waals surface area contributed by atoms with Gasteiger partial charge in [-0.1, -0.05) is 23.8 Å². The van der Waals surface area contributed by atoms with Gasteiger partial charge >= 0.3 is 0 Å². The molecule has 1 aromatic rings. The highest BCUT2D eigenvalue weighted by molar-refractivity contribution is 7.80. The van der Waals surface area contributed by atoms with E-state index >= 15 is 0 Å². The standard InChI is InChI=1S/C10H12ClNO2S/c11-7-2-3-8(10(12)15)9(6-7)14-5-1-4-13/h2-3,6,13H,1,4-5H2,(H2,12,15). The summed E-state index contributed by atoms with van der Waals surface area (Å²) in [7, 11) is 0. The van der Waals surface area contributed by atoms with Crippen LogP contribution >= 0.6 is 23.8 Å². The number of ether oxygens (including phenoxy) is 1. The summed E-state index contributed by atoms with van der Waals surface area (Å²) in [5, 5.41) is 9.18. The van der Waals surface area contributed by atoms with Gasteiger partial charge in [-0.3, -0.25) is 0 Å². The van der Waals surface area contributed by atoms with Crippen LogP contribution in [-0.4, -0.2) is 23.3 Å². The van der Waals surface area contributed by atoms with E-state index in [1.54, 1.807) is 18.2 Å². The maximum atomic E-state index is 8.62. The number of aliphatic hydroxyl groups excluding tert-OH is 1. The molecule has 0 spiro atoms. The van der Waals surface area contributed by atoms with Crippen molar-refractivity contribution in [2.24, 2.45) is 5.73 Å². The van der Waals surface area contributed by atoms with Crippen molar-refractivity contribution in [3.63, 3.8) is 0 Å². The number of hydrogen-bond donors (Lipinski definition) is 2. The Hall–Kier alpha value is -0.840. The fourth-order valence-corrected chi connectivity index (χ4v) is 1.40. The Morgan fingerprint density at radius 2 is 2.27 bits per heavy atom. The van der Waals surface area contributed by atoms with Gasteiger partial charge in [0, 0.05) is 18.1 Å². The predicted molar refractivity (Wildman–Crippen MR) is 64.5 cm³/mol. The molecular weight excluding hydrogens is 234 g/mol. The molecule has 1 rings (SSSR count). The summed E-state index contributed by atoms with van der Waals surface area (Å²) in [6.45, 7) is 0.495. The highest BCUT2D eigenvalue weighted by Gasteiger charge is 2.06. The first-order valence-electron chi connectivity index (χ1n) is 4.48. The molecule has 0 heterocycles. The number of thiocarbonyl (C=S) groups is 1. The third kappa shape index (κ3) is 3.66. The van der Waals surface area contributed by atoms with Gasteiger partial charge < -0.3 is 15.6 Å². The molecule has 1 aromatic carbocycles. The van der Waals surface area contributed by atoms with E-state index in [2.05, 4.69) is 0 Å². The first-order valence-corrected chi connectivity index (χ1v) is 5.27.